The summed E-state index contributed by atoms with van der Waals surface area (Å²) in [5.41, 5.74) is 1.02. The minimum atomic E-state index is 0. The van der Waals surface area contributed by atoms with Gasteiger partial charge in [-0.15, -0.1) is 12.4 Å². The second kappa shape index (κ2) is 6.80. The van der Waals surface area contributed by atoms with E-state index >= 15 is 0 Å². The molecule has 106 valence electrons. The van der Waals surface area contributed by atoms with Crippen LogP contribution >= 0.6 is 12.4 Å². The van der Waals surface area contributed by atoms with Gasteiger partial charge in [0, 0.05) is 24.8 Å². The van der Waals surface area contributed by atoms with Crippen LogP contribution in [0.15, 0.2) is 30.3 Å². The van der Waals surface area contributed by atoms with Gasteiger partial charge in [0.15, 0.2) is 0 Å². The number of rotatable bonds is 4. The number of benzene rings is 1. The number of carbonyl (C=O) groups excluding carboxylic acids is 1. The van der Waals surface area contributed by atoms with Gasteiger partial charge in [0.05, 0.1) is 0 Å². The first-order valence-corrected chi connectivity index (χ1v) is 6.82. The highest BCUT2D eigenvalue weighted by Crippen LogP contribution is 2.38. The smallest absolute Gasteiger partial charge is 0.324 e. The molecule has 0 bridgehead atoms. The fourth-order valence-corrected chi connectivity index (χ4v) is 2.34. The summed E-state index contributed by atoms with van der Waals surface area (Å²) in [5, 5.41) is 0. The molecule has 3 nitrogen and oxygen atoms in total. The molecule has 0 radical (unpaired) electrons. The predicted octanol–water partition coefficient (Wildman–Crippen LogP) is 3.79. The fourth-order valence-electron chi connectivity index (χ4n) is 2.34. The predicted molar refractivity (Wildman–Crippen MR) is 82.1 cm³/mol. The Hall–Kier alpha value is -1.22. The van der Waals surface area contributed by atoms with E-state index in [0.29, 0.717) is 12.0 Å². The van der Waals surface area contributed by atoms with Gasteiger partial charge in [0.1, 0.15) is 0 Å². The lowest BCUT2D eigenvalue weighted by atomic mass is 10.2. The van der Waals surface area contributed by atoms with E-state index in [4.69, 9.17) is 0 Å². The molecule has 2 rings (SSSR count). The van der Waals surface area contributed by atoms with Crippen molar-refractivity contribution in [1.29, 1.82) is 0 Å². The van der Waals surface area contributed by atoms with Crippen molar-refractivity contribution in [3.63, 3.8) is 0 Å². The normalized spacial score (nSPS) is 20.4. The summed E-state index contributed by atoms with van der Waals surface area (Å²) >= 11 is 0. The monoisotopic (exact) mass is 282 g/mol. The number of hydrogen-bond acceptors (Lipinski definition) is 1. The summed E-state index contributed by atoms with van der Waals surface area (Å²) in [4.78, 5) is 16.4. The molecule has 0 N–H and O–H groups in total. The maximum atomic E-state index is 12.6. The highest BCUT2D eigenvalue weighted by Gasteiger charge is 2.42. The summed E-state index contributed by atoms with van der Waals surface area (Å²) in [7, 11) is 0. The van der Waals surface area contributed by atoms with Crippen LogP contribution in [0.2, 0.25) is 0 Å². The lowest BCUT2D eigenvalue weighted by Crippen LogP contribution is -2.44. The SMILES string of the molecule is CCN(CC)C(=O)N(c1ccccc1)C1CC1C.Cl. The third kappa shape index (κ3) is 3.41. The molecule has 0 aliphatic heterocycles. The van der Waals surface area contributed by atoms with E-state index in [1.807, 2.05) is 54.0 Å². The van der Waals surface area contributed by atoms with Crippen LogP contribution in [0, 0.1) is 5.92 Å². The Labute approximate surface area is 122 Å². The van der Waals surface area contributed by atoms with Gasteiger partial charge in [-0.25, -0.2) is 4.79 Å². The van der Waals surface area contributed by atoms with Crippen molar-refractivity contribution in [2.24, 2.45) is 5.92 Å². The first kappa shape index (κ1) is 15.8. The molecule has 0 aromatic heterocycles. The van der Waals surface area contributed by atoms with Crippen molar-refractivity contribution in [3.05, 3.63) is 30.3 Å². The molecule has 2 unspecified atom stereocenters. The van der Waals surface area contributed by atoms with Crippen LogP contribution in [0.5, 0.6) is 0 Å². The summed E-state index contributed by atoms with van der Waals surface area (Å²) in [6.45, 7) is 7.79. The molecule has 0 heterocycles. The summed E-state index contributed by atoms with van der Waals surface area (Å²) in [6, 6.07) is 10.5. The van der Waals surface area contributed by atoms with Gasteiger partial charge in [0.2, 0.25) is 0 Å². The molecule has 2 atom stereocenters. The quantitative estimate of drug-likeness (QED) is 0.824. The van der Waals surface area contributed by atoms with E-state index in [1.54, 1.807) is 0 Å². The Morgan fingerprint density at radius 3 is 2.16 bits per heavy atom. The number of carbonyl (C=O) groups is 1. The van der Waals surface area contributed by atoms with Gasteiger partial charge in [-0.05, 0) is 38.3 Å². The number of hydrogen-bond donors (Lipinski definition) is 0. The number of anilines is 1. The van der Waals surface area contributed by atoms with Crippen LogP contribution in [-0.2, 0) is 0 Å². The Morgan fingerprint density at radius 1 is 1.21 bits per heavy atom. The zero-order chi connectivity index (χ0) is 13.1. The first-order valence-electron chi connectivity index (χ1n) is 6.82. The van der Waals surface area contributed by atoms with Gasteiger partial charge >= 0.3 is 6.03 Å². The maximum Gasteiger partial charge on any atom is 0.324 e. The van der Waals surface area contributed by atoms with Crippen molar-refractivity contribution in [3.8, 4) is 0 Å². The molecule has 1 aromatic rings. The van der Waals surface area contributed by atoms with E-state index in [2.05, 4.69) is 6.92 Å². The van der Waals surface area contributed by atoms with Crippen LogP contribution < -0.4 is 4.90 Å². The lowest BCUT2D eigenvalue weighted by Gasteiger charge is -2.29. The largest absolute Gasteiger partial charge is 0.325 e. The number of urea groups is 1. The van der Waals surface area contributed by atoms with Gasteiger partial charge in [-0.1, -0.05) is 25.1 Å². The van der Waals surface area contributed by atoms with Crippen molar-refractivity contribution < 1.29 is 4.79 Å². The van der Waals surface area contributed by atoms with Crippen LogP contribution in [0.3, 0.4) is 0 Å². The van der Waals surface area contributed by atoms with Gasteiger partial charge in [-0.3, -0.25) is 4.90 Å². The Kier molecular flexibility index (Phi) is 5.67. The summed E-state index contributed by atoms with van der Waals surface area (Å²) in [6.07, 6.45) is 1.11. The molecule has 1 fully saturated rings. The second-order valence-electron chi connectivity index (χ2n) is 4.94. The minimum Gasteiger partial charge on any atom is -0.325 e. The van der Waals surface area contributed by atoms with E-state index < -0.39 is 0 Å². The molecule has 1 aromatic carbocycles. The zero-order valence-corrected chi connectivity index (χ0v) is 12.7. The van der Waals surface area contributed by atoms with Crippen molar-refractivity contribution in [2.45, 2.75) is 33.2 Å². The van der Waals surface area contributed by atoms with Crippen molar-refractivity contribution in [1.82, 2.24) is 4.90 Å². The molecule has 2 amide bonds. The first-order chi connectivity index (χ1) is 8.69. The third-order valence-electron chi connectivity index (χ3n) is 3.67. The zero-order valence-electron chi connectivity index (χ0n) is 11.9. The van der Waals surface area contributed by atoms with E-state index in [0.717, 1.165) is 25.2 Å². The third-order valence-corrected chi connectivity index (χ3v) is 3.67. The van der Waals surface area contributed by atoms with Gasteiger partial charge in [0.25, 0.3) is 0 Å². The molecule has 1 saturated carbocycles. The molecule has 0 saturated heterocycles. The number of halogens is 1. The molecule has 4 heteroatoms. The Balaban J connectivity index is 0.00000180. The summed E-state index contributed by atoms with van der Waals surface area (Å²) in [5.74, 6) is 0.615. The molecule has 1 aliphatic carbocycles. The highest BCUT2D eigenvalue weighted by molar-refractivity contribution is 5.93. The van der Waals surface area contributed by atoms with Crippen LogP contribution in [-0.4, -0.2) is 30.1 Å². The average molecular weight is 283 g/mol. The lowest BCUT2D eigenvalue weighted by molar-refractivity contribution is 0.209. The minimum absolute atomic E-state index is 0. The fraction of sp³-hybridized carbons (Fsp3) is 0.533. The molecule has 1 aliphatic rings. The Morgan fingerprint density at radius 2 is 1.74 bits per heavy atom. The van der Waals surface area contributed by atoms with Crippen LogP contribution in [0.25, 0.3) is 0 Å². The maximum absolute atomic E-state index is 12.6. The topological polar surface area (TPSA) is 23.6 Å². The highest BCUT2D eigenvalue weighted by atomic mass is 35.5. The van der Waals surface area contributed by atoms with Gasteiger partial charge < -0.3 is 4.90 Å². The van der Waals surface area contributed by atoms with Crippen molar-refractivity contribution >= 4 is 24.1 Å². The van der Waals surface area contributed by atoms with Crippen LogP contribution in [0.4, 0.5) is 10.5 Å². The van der Waals surface area contributed by atoms with E-state index in [9.17, 15) is 4.79 Å². The van der Waals surface area contributed by atoms with Crippen molar-refractivity contribution in [2.75, 3.05) is 18.0 Å². The molecule has 19 heavy (non-hydrogen) atoms. The van der Waals surface area contributed by atoms with E-state index in [1.165, 1.54) is 0 Å². The molecular formula is C15H23ClN2O. The Bertz CT molecular complexity index is 406. The second-order valence-corrected chi connectivity index (χ2v) is 4.94. The standard InChI is InChI=1S/C15H22N2O.ClH/c1-4-16(5-2)15(18)17(14-11-12(14)3)13-9-7-6-8-10-13;/h6-10,12,14H,4-5,11H2,1-3H3;1H. The molecule has 0 spiro atoms. The summed E-state index contributed by atoms with van der Waals surface area (Å²) < 4.78 is 0. The number of nitrogens with zero attached hydrogens (tertiary/aromatic N) is 2. The van der Waals surface area contributed by atoms with Gasteiger partial charge in [-0.2, -0.15) is 0 Å². The number of amides is 2. The van der Waals surface area contributed by atoms with E-state index in [-0.39, 0.29) is 18.4 Å². The average Bonchev–Trinajstić information content (AvgIpc) is 3.09. The molecular weight excluding hydrogens is 260 g/mol. The van der Waals surface area contributed by atoms with Crippen LogP contribution in [0.1, 0.15) is 27.2 Å². The number of para-hydroxylation sites is 1.